The summed E-state index contributed by atoms with van der Waals surface area (Å²) in [5, 5.41) is 12.8. The molecule has 2 aromatic heterocycles. The number of thiophene rings is 1. The largest absolute Gasteiger partial charge is 0.503 e. The topological polar surface area (TPSA) is 106 Å². The van der Waals surface area contributed by atoms with Crippen LogP contribution in [0.3, 0.4) is 0 Å². The maximum Gasteiger partial charge on any atom is 0.350 e. The fourth-order valence-corrected chi connectivity index (χ4v) is 5.34. The number of rotatable bonds is 9. The molecule has 0 spiro atoms. The Labute approximate surface area is 209 Å². The number of ether oxygens (including phenoxy) is 2. The number of aryl methyl sites for hydroxylation is 1. The van der Waals surface area contributed by atoms with Gasteiger partial charge >= 0.3 is 5.97 Å². The standard InChI is InChI=1S/C25H22N2O6S2/c1-4-12-33-24(31)22-14(3)26-25(35-22)27-19(15-8-10-16(11-9-15)32-5-2)18(21(29)23(27)30)20(28)17-7-6-13-34-17/h4,6-11,13,19,29H,1,5,12H2,2-3H3. The molecule has 35 heavy (non-hydrogen) atoms. The van der Waals surface area contributed by atoms with E-state index < -0.39 is 29.5 Å². The summed E-state index contributed by atoms with van der Waals surface area (Å²) in [6, 6.07) is 9.34. The first-order valence-corrected chi connectivity index (χ1v) is 12.4. The summed E-state index contributed by atoms with van der Waals surface area (Å²) in [6.07, 6.45) is 1.45. The number of thiazole rings is 1. The van der Waals surface area contributed by atoms with Crippen LogP contribution in [0.1, 0.15) is 43.6 Å². The SMILES string of the molecule is C=CCOC(=O)c1sc(N2C(=O)C(O)=C(C(=O)c3cccs3)C2c2ccc(OCC)cc2)nc1C. The van der Waals surface area contributed by atoms with Crippen molar-refractivity contribution in [1.29, 1.82) is 0 Å². The number of hydrogen-bond acceptors (Lipinski definition) is 9. The monoisotopic (exact) mass is 510 g/mol. The summed E-state index contributed by atoms with van der Waals surface area (Å²) in [7, 11) is 0. The van der Waals surface area contributed by atoms with Crippen LogP contribution in [-0.2, 0) is 9.53 Å². The van der Waals surface area contributed by atoms with Crippen molar-refractivity contribution in [3.05, 3.63) is 86.8 Å². The van der Waals surface area contributed by atoms with Gasteiger partial charge in [-0.3, -0.25) is 14.5 Å². The summed E-state index contributed by atoms with van der Waals surface area (Å²) in [6.45, 7) is 7.54. The third-order valence-electron chi connectivity index (χ3n) is 5.21. The number of hydrogen-bond donors (Lipinski definition) is 1. The number of aliphatic hydroxyl groups excluding tert-OH is 1. The number of Topliss-reactive ketones (excluding diaryl/α,β-unsaturated/α-hetero) is 1. The molecule has 10 heteroatoms. The number of carbonyl (C=O) groups is 3. The van der Waals surface area contributed by atoms with Gasteiger partial charge in [-0.2, -0.15) is 0 Å². The molecule has 1 aliphatic rings. The lowest BCUT2D eigenvalue weighted by atomic mass is 9.95. The number of aromatic nitrogens is 1. The van der Waals surface area contributed by atoms with Crippen LogP contribution in [-0.4, -0.2) is 41.0 Å². The van der Waals surface area contributed by atoms with Crippen molar-refractivity contribution in [2.75, 3.05) is 18.1 Å². The molecule has 1 atom stereocenters. The summed E-state index contributed by atoms with van der Waals surface area (Å²) in [5.74, 6) is -1.84. The first kappa shape index (κ1) is 24.4. The molecule has 1 aromatic carbocycles. The third kappa shape index (κ3) is 4.62. The quantitative estimate of drug-likeness (QED) is 0.244. The molecule has 3 heterocycles. The van der Waals surface area contributed by atoms with E-state index in [0.29, 0.717) is 28.5 Å². The number of ketones is 1. The van der Waals surface area contributed by atoms with Crippen molar-refractivity contribution in [3.8, 4) is 5.75 Å². The Kier molecular flexibility index (Phi) is 7.13. The van der Waals surface area contributed by atoms with Gasteiger partial charge in [0.2, 0.25) is 5.78 Å². The highest BCUT2D eigenvalue weighted by atomic mass is 32.1. The molecular formula is C25H22N2O6S2. The number of aliphatic hydroxyl groups is 1. The van der Waals surface area contributed by atoms with Crippen molar-refractivity contribution in [3.63, 3.8) is 0 Å². The van der Waals surface area contributed by atoms with Crippen molar-refractivity contribution in [2.24, 2.45) is 0 Å². The summed E-state index contributed by atoms with van der Waals surface area (Å²) in [5.41, 5.74) is 0.898. The van der Waals surface area contributed by atoms with Crippen molar-refractivity contribution >= 4 is 45.5 Å². The third-order valence-corrected chi connectivity index (χ3v) is 7.22. The zero-order valence-corrected chi connectivity index (χ0v) is 20.6. The van der Waals surface area contributed by atoms with Gasteiger partial charge in [-0.15, -0.1) is 11.3 Å². The predicted octanol–water partition coefficient (Wildman–Crippen LogP) is 5.04. The van der Waals surface area contributed by atoms with E-state index in [-0.39, 0.29) is 22.2 Å². The van der Waals surface area contributed by atoms with Crippen molar-refractivity contribution < 1.29 is 29.0 Å². The van der Waals surface area contributed by atoms with Gasteiger partial charge in [0.1, 0.15) is 17.2 Å². The highest BCUT2D eigenvalue weighted by Crippen LogP contribution is 2.44. The molecule has 1 aliphatic heterocycles. The van der Waals surface area contributed by atoms with Crippen LogP contribution in [0.4, 0.5) is 5.13 Å². The second kappa shape index (κ2) is 10.2. The van der Waals surface area contributed by atoms with Gasteiger partial charge in [0.15, 0.2) is 10.9 Å². The molecule has 4 rings (SSSR count). The fraction of sp³-hybridized carbons (Fsp3) is 0.200. The van der Waals surface area contributed by atoms with Gasteiger partial charge in [-0.05, 0) is 43.0 Å². The van der Waals surface area contributed by atoms with Gasteiger partial charge in [0.05, 0.1) is 28.8 Å². The van der Waals surface area contributed by atoms with Crippen molar-refractivity contribution in [1.82, 2.24) is 4.98 Å². The Bertz CT molecular complexity index is 1310. The summed E-state index contributed by atoms with van der Waals surface area (Å²) >= 11 is 2.17. The molecule has 1 amide bonds. The summed E-state index contributed by atoms with van der Waals surface area (Å²) < 4.78 is 10.6. The van der Waals surface area contributed by atoms with Gasteiger partial charge in [-0.25, -0.2) is 9.78 Å². The van der Waals surface area contributed by atoms with Gasteiger partial charge in [0, 0.05) is 0 Å². The molecule has 1 unspecified atom stereocenters. The predicted molar refractivity (Wildman–Crippen MR) is 133 cm³/mol. The number of nitrogens with zero attached hydrogens (tertiary/aromatic N) is 2. The minimum absolute atomic E-state index is 0.0325. The normalized spacial score (nSPS) is 15.4. The Morgan fingerprint density at radius 2 is 2.00 bits per heavy atom. The van der Waals surface area contributed by atoms with Crippen LogP contribution in [0.2, 0.25) is 0 Å². The summed E-state index contributed by atoms with van der Waals surface area (Å²) in [4.78, 5) is 45.4. The zero-order valence-electron chi connectivity index (χ0n) is 19.0. The number of carbonyl (C=O) groups excluding carboxylic acids is 3. The van der Waals surface area contributed by atoms with Crippen LogP contribution in [0.15, 0.2) is 65.8 Å². The van der Waals surface area contributed by atoms with E-state index in [0.717, 1.165) is 11.3 Å². The molecule has 0 saturated carbocycles. The maximum atomic E-state index is 13.4. The van der Waals surface area contributed by atoms with Gasteiger partial charge < -0.3 is 14.6 Å². The average molecular weight is 511 g/mol. The molecule has 0 radical (unpaired) electrons. The highest BCUT2D eigenvalue weighted by Gasteiger charge is 2.46. The van der Waals surface area contributed by atoms with Crippen LogP contribution in [0, 0.1) is 6.92 Å². The number of amides is 1. The molecule has 0 fully saturated rings. The number of esters is 1. The zero-order chi connectivity index (χ0) is 25.1. The van der Waals surface area contributed by atoms with Crippen molar-refractivity contribution in [2.45, 2.75) is 19.9 Å². The smallest absolute Gasteiger partial charge is 0.350 e. The maximum absolute atomic E-state index is 13.4. The van der Waals surface area contributed by atoms with Crippen LogP contribution >= 0.6 is 22.7 Å². The molecule has 0 bridgehead atoms. The number of anilines is 1. The lowest BCUT2D eigenvalue weighted by Crippen LogP contribution is -2.31. The van der Waals surface area contributed by atoms with E-state index in [1.165, 1.54) is 22.3 Å². The first-order chi connectivity index (χ1) is 16.9. The van der Waals surface area contributed by atoms with E-state index in [1.807, 2.05) is 6.92 Å². The molecular weight excluding hydrogens is 488 g/mol. The van der Waals surface area contributed by atoms with E-state index in [9.17, 15) is 19.5 Å². The Morgan fingerprint density at radius 3 is 2.63 bits per heavy atom. The second-order valence-electron chi connectivity index (χ2n) is 7.45. The molecule has 1 N–H and O–H groups in total. The van der Waals surface area contributed by atoms with Crippen LogP contribution < -0.4 is 9.64 Å². The Morgan fingerprint density at radius 1 is 1.26 bits per heavy atom. The Balaban J connectivity index is 1.80. The lowest BCUT2D eigenvalue weighted by molar-refractivity contribution is -0.117. The second-order valence-corrected chi connectivity index (χ2v) is 9.37. The van der Waals surface area contributed by atoms with E-state index >= 15 is 0 Å². The fourth-order valence-electron chi connectivity index (χ4n) is 3.68. The van der Waals surface area contributed by atoms with E-state index in [4.69, 9.17) is 9.47 Å². The minimum atomic E-state index is -0.949. The van der Waals surface area contributed by atoms with E-state index in [2.05, 4.69) is 11.6 Å². The van der Waals surface area contributed by atoms with Crippen LogP contribution in [0.5, 0.6) is 5.75 Å². The molecule has 0 saturated heterocycles. The van der Waals surface area contributed by atoms with E-state index in [1.54, 1.807) is 48.7 Å². The molecule has 8 nitrogen and oxygen atoms in total. The van der Waals surface area contributed by atoms with Gasteiger partial charge in [-0.1, -0.05) is 42.2 Å². The first-order valence-electron chi connectivity index (χ1n) is 10.7. The average Bonchev–Trinajstić information content (AvgIpc) is 3.57. The highest BCUT2D eigenvalue weighted by molar-refractivity contribution is 7.17. The molecule has 3 aromatic rings. The number of benzene rings is 1. The van der Waals surface area contributed by atoms with Crippen LogP contribution in [0.25, 0.3) is 0 Å². The minimum Gasteiger partial charge on any atom is -0.503 e. The lowest BCUT2D eigenvalue weighted by Gasteiger charge is -2.24. The Hall–Kier alpha value is -3.76. The molecule has 0 aliphatic carbocycles. The molecule has 180 valence electrons. The van der Waals surface area contributed by atoms with Gasteiger partial charge in [0.25, 0.3) is 5.91 Å².